The molecule has 3 nitrogen and oxygen atoms in total. The van der Waals surface area contributed by atoms with Crippen molar-refractivity contribution in [3.05, 3.63) is 24.3 Å². The summed E-state index contributed by atoms with van der Waals surface area (Å²) >= 11 is 0. The van der Waals surface area contributed by atoms with Crippen molar-refractivity contribution in [2.24, 2.45) is 5.41 Å². The van der Waals surface area contributed by atoms with Gasteiger partial charge in [0.05, 0.1) is 0 Å². The minimum absolute atomic E-state index is 0.112. The molecule has 106 valence electrons. The van der Waals surface area contributed by atoms with Crippen molar-refractivity contribution >= 4 is 11.5 Å². The van der Waals surface area contributed by atoms with Crippen LogP contribution < -0.4 is 9.64 Å². The molecule has 0 radical (unpaired) electrons. The van der Waals surface area contributed by atoms with Gasteiger partial charge in [-0.2, -0.15) is 0 Å². The quantitative estimate of drug-likeness (QED) is 0.786. The van der Waals surface area contributed by atoms with E-state index >= 15 is 0 Å². The van der Waals surface area contributed by atoms with Gasteiger partial charge in [-0.25, -0.2) is 0 Å². The molecule has 0 spiro atoms. The monoisotopic (exact) mass is 263 g/mol. The van der Waals surface area contributed by atoms with Crippen LogP contribution in [0, 0.1) is 5.41 Å². The summed E-state index contributed by atoms with van der Waals surface area (Å²) < 4.78 is 5.60. The molecule has 0 aromatic heterocycles. The molecule has 0 saturated carbocycles. The molecule has 0 aliphatic heterocycles. The van der Waals surface area contributed by atoms with Gasteiger partial charge < -0.3 is 9.64 Å². The zero-order valence-electron chi connectivity index (χ0n) is 12.7. The van der Waals surface area contributed by atoms with Crippen LogP contribution in [-0.4, -0.2) is 25.5 Å². The molecule has 19 heavy (non-hydrogen) atoms. The van der Waals surface area contributed by atoms with E-state index < -0.39 is 0 Å². The molecule has 1 rings (SSSR count). The van der Waals surface area contributed by atoms with Crippen LogP contribution in [-0.2, 0) is 4.79 Å². The summed E-state index contributed by atoms with van der Waals surface area (Å²) in [5.74, 6) is 0.864. The lowest BCUT2D eigenvalue weighted by Crippen LogP contribution is -2.26. The molecular formula is C16H25NO2. The molecule has 0 fully saturated rings. The molecule has 0 amide bonds. The minimum Gasteiger partial charge on any atom is -0.486 e. The van der Waals surface area contributed by atoms with Crippen molar-refractivity contribution in [1.82, 2.24) is 0 Å². The number of carbonyl (C=O) groups is 1. The number of hydrogen-bond acceptors (Lipinski definition) is 3. The first-order valence-electron chi connectivity index (χ1n) is 6.89. The highest BCUT2D eigenvalue weighted by molar-refractivity contribution is 5.85. The van der Waals surface area contributed by atoms with Crippen LogP contribution in [0.1, 0.15) is 34.6 Å². The highest BCUT2D eigenvalue weighted by Gasteiger charge is 2.21. The lowest BCUT2D eigenvalue weighted by Gasteiger charge is -2.22. The number of anilines is 1. The van der Waals surface area contributed by atoms with Crippen molar-refractivity contribution in [3.63, 3.8) is 0 Å². The molecule has 1 aromatic carbocycles. The average Bonchev–Trinajstić information content (AvgIpc) is 2.37. The molecule has 0 N–H and O–H groups in total. The minimum atomic E-state index is -0.351. The maximum atomic E-state index is 11.8. The van der Waals surface area contributed by atoms with Crippen LogP contribution in [0.4, 0.5) is 5.69 Å². The molecule has 3 heteroatoms. The van der Waals surface area contributed by atoms with Crippen LogP contribution >= 0.6 is 0 Å². The van der Waals surface area contributed by atoms with E-state index in [1.807, 2.05) is 39.0 Å². The molecule has 0 bridgehead atoms. The van der Waals surface area contributed by atoms with Gasteiger partial charge in [-0.15, -0.1) is 0 Å². The summed E-state index contributed by atoms with van der Waals surface area (Å²) in [6, 6.07) is 7.90. The highest BCUT2D eigenvalue weighted by atomic mass is 16.5. The number of hydrogen-bond donors (Lipinski definition) is 0. The average molecular weight is 263 g/mol. The van der Waals surface area contributed by atoms with Crippen molar-refractivity contribution in [3.8, 4) is 5.75 Å². The van der Waals surface area contributed by atoms with Crippen LogP contribution in [0.15, 0.2) is 24.3 Å². The summed E-state index contributed by atoms with van der Waals surface area (Å²) in [5, 5.41) is 0. The Morgan fingerprint density at radius 2 is 1.84 bits per heavy atom. The third-order valence-corrected chi connectivity index (χ3v) is 3.15. The number of benzene rings is 1. The van der Waals surface area contributed by atoms with Gasteiger partial charge in [0.15, 0.2) is 5.78 Å². The summed E-state index contributed by atoms with van der Waals surface area (Å²) in [7, 11) is 0. The Hall–Kier alpha value is -1.51. The summed E-state index contributed by atoms with van der Waals surface area (Å²) in [5.41, 5.74) is 0.780. The van der Waals surface area contributed by atoms with Crippen LogP contribution in [0.25, 0.3) is 0 Å². The van der Waals surface area contributed by atoms with E-state index in [1.165, 1.54) is 0 Å². The number of nitrogens with zero attached hydrogens (tertiary/aromatic N) is 1. The van der Waals surface area contributed by atoms with Gasteiger partial charge in [0, 0.05) is 30.3 Å². The second-order valence-corrected chi connectivity index (χ2v) is 5.63. The smallest absolute Gasteiger partial charge is 0.175 e. The van der Waals surface area contributed by atoms with Crippen LogP contribution in [0.3, 0.4) is 0 Å². The second-order valence-electron chi connectivity index (χ2n) is 5.63. The van der Waals surface area contributed by atoms with Crippen LogP contribution in [0.5, 0.6) is 5.75 Å². The Bertz CT molecular complexity index is 417. The number of carbonyl (C=O) groups excluding carboxylic acids is 1. The predicted molar refractivity (Wildman–Crippen MR) is 80.0 cm³/mol. The molecule has 0 saturated heterocycles. The van der Waals surface area contributed by atoms with E-state index in [0.717, 1.165) is 24.5 Å². The fraction of sp³-hybridized carbons (Fsp3) is 0.562. The molecule has 1 aromatic rings. The van der Waals surface area contributed by atoms with E-state index in [0.29, 0.717) is 0 Å². The first-order valence-corrected chi connectivity index (χ1v) is 6.89. The maximum absolute atomic E-state index is 11.8. The molecule has 0 aliphatic rings. The van der Waals surface area contributed by atoms with Crippen molar-refractivity contribution in [2.45, 2.75) is 34.6 Å². The number of ether oxygens (including phenoxy) is 1. The number of Topliss-reactive ketones (excluding diaryl/α,β-unsaturated/α-hetero) is 1. The summed E-state index contributed by atoms with van der Waals surface area (Å²) in [6.45, 7) is 12.0. The zero-order chi connectivity index (χ0) is 14.5. The molecule has 0 heterocycles. The van der Waals surface area contributed by atoms with Gasteiger partial charge in [-0.3, -0.25) is 4.79 Å². The van der Waals surface area contributed by atoms with Gasteiger partial charge in [0.1, 0.15) is 12.4 Å². The van der Waals surface area contributed by atoms with Gasteiger partial charge in [0.2, 0.25) is 0 Å². The van der Waals surface area contributed by atoms with E-state index in [2.05, 4.69) is 24.8 Å². The Morgan fingerprint density at radius 3 is 2.37 bits per heavy atom. The van der Waals surface area contributed by atoms with Crippen molar-refractivity contribution < 1.29 is 9.53 Å². The van der Waals surface area contributed by atoms with Gasteiger partial charge in [-0.05, 0) is 26.0 Å². The third kappa shape index (κ3) is 4.58. The van der Waals surface area contributed by atoms with Gasteiger partial charge in [0.25, 0.3) is 0 Å². The molecule has 0 atom stereocenters. The predicted octanol–water partition coefficient (Wildman–Crippen LogP) is 3.53. The normalized spacial score (nSPS) is 11.2. The van der Waals surface area contributed by atoms with Crippen LogP contribution in [0.2, 0.25) is 0 Å². The first-order chi connectivity index (χ1) is 8.88. The first kappa shape index (κ1) is 15.5. The molecule has 0 aliphatic carbocycles. The Labute approximate surface area is 116 Å². The Balaban J connectivity index is 2.70. The second kappa shape index (κ2) is 6.60. The van der Waals surface area contributed by atoms with Crippen molar-refractivity contribution in [1.29, 1.82) is 0 Å². The Kier molecular flexibility index (Phi) is 5.40. The summed E-state index contributed by atoms with van der Waals surface area (Å²) in [6.07, 6.45) is 0. The SMILES string of the molecule is CCN(CC)c1cccc(OCC(=O)C(C)(C)C)c1. The lowest BCUT2D eigenvalue weighted by molar-refractivity contribution is -0.128. The zero-order valence-corrected chi connectivity index (χ0v) is 12.7. The van der Waals surface area contributed by atoms with Crippen molar-refractivity contribution in [2.75, 3.05) is 24.6 Å². The maximum Gasteiger partial charge on any atom is 0.175 e. The van der Waals surface area contributed by atoms with E-state index in [9.17, 15) is 4.79 Å². The lowest BCUT2D eigenvalue weighted by atomic mass is 9.91. The van der Waals surface area contributed by atoms with E-state index in [-0.39, 0.29) is 17.8 Å². The standard InChI is InChI=1S/C16H25NO2/c1-6-17(7-2)13-9-8-10-14(11-13)19-12-15(18)16(3,4)5/h8-11H,6-7,12H2,1-5H3. The van der Waals surface area contributed by atoms with E-state index in [1.54, 1.807) is 0 Å². The van der Waals surface area contributed by atoms with E-state index in [4.69, 9.17) is 4.74 Å². The fourth-order valence-corrected chi connectivity index (χ4v) is 1.72. The topological polar surface area (TPSA) is 29.5 Å². The number of ketones is 1. The summed E-state index contributed by atoms with van der Waals surface area (Å²) in [4.78, 5) is 14.1. The molecular weight excluding hydrogens is 238 g/mol. The molecule has 0 unspecified atom stereocenters. The fourth-order valence-electron chi connectivity index (χ4n) is 1.72. The highest BCUT2D eigenvalue weighted by Crippen LogP contribution is 2.22. The third-order valence-electron chi connectivity index (χ3n) is 3.15. The number of rotatable bonds is 6. The largest absolute Gasteiger partial charge is 0.486 e. The van der Waals surface area contributed by atoms with Gasteiger partial charge in [-0.1, -0.05) is 26.8 Å². The van der Waals surface area contributed by atoms with Gasteiger partial charge >= 0.3 is 0 Å². The Morgan fingerprint density at radius 1 is 1.21 bits per heavy atom.